The predicted molar refractivity (Wildman–Crippen MR) is 85.9 cm³/mol. The van der Waals surface area contributed by atoms with Gasteiger partial charge in [-0.3, -0.25) is 9.59 Å². The quantitative estimate of drug-likeness (QED) is 0.759. The molecule has 0 saturated carbocycles. The standard InChI is InChI=1S/C17H18N2O3/c1-11-3-8-16(21)15(9-11)19-17(22)10-13-4-6-14(7-5-13)18-12(2)20/h3-9,21H,10H2,1-2H3,(H,18,20)(H,19,22). The molecule has 0 bridgehead atoms. The summed E-state index contributed by atoms with van der Waals surface area (Å²) in [5, 5.41) is 15.1. The molecule has 0 spiro atoms. The molecule has 5 heteroatoms. The number of aromatic hydroxyl groups is 1. The summed E-state index contributed by atoms with van der Waals surface area (Å²) in [6, 6.07) is 12.1. The van der Waals surface area contributed by atoms with Crippen molar-refractivity contribution in [3.63, 3.8) is 0 Å². The second-order valence-corrected chi connectivity index (χ2v) is 5.12. The Morgan fingerprint density at radius 2 is 1.73 bits per heavy atom. The lowest BCUT2D eigenvalue weighted by atomic mass is 10.1. The van der Waals surface area contributed by atoms with E-state index in [1.807, 2.05) is 6.92 Å². The largest absolute Gasteiger partial charge is 0.506 e. The molecule has 2 rings (SSSR count). The van der Waals surface area contributed by atoms with Crippen LogP contribution in [0.2, 0.25) is 0 Å². The molecule has 0 radical (unpaired) electrons. The van der Waals surface area contributed by atoms with Gasteiger partial charge in [0.05, 0.1) is 12.1 Å². The molecule has 0 aliphatic rings. The average Bonchev–Trinajstić information content (AvgIpc) is 2.44. The minimum atomic E-state index is -0.215. The van der Waals surface area contributed by atoms with Crippen LogP contribution in [0.5, 0.6) is 5.75 Å². The van der Waals surface area contributed by atoms with Crippen LogP contribution < -0.4 is 10.6 Å². The predicted octanol–water partition coefficient (Wildman–Crippen LogP) is 2.84. The number of phenols is 1. The number of carbonyl (C=O) groups is 2. The van der Waals surface area contributed by atoms with Gasteiger partial charge in [0.1, 0.15) is 5.75 Å². The highest BCUT2D eigenvalue weighted by Crippen LogP contribution is 2.24. The summed E-state index contributed by atoms with van der Waals surface area (Å²) in [4.78, 5) is 23.0. The van der Waals surface area contributed by atoms with Crippen LogP contribution in [0.15, 0.2) is 42.5 Å². The van der Waals surface area contributed by atoms with Crippen LogP contribution in [0.1, 0.15) is 18.1 Å². The van der Waals surface area contributed by atoms with Crippen LogP contribution >= 0.6 is 0 Å². The van der Waals surface area contributed by atoms with E-state index in [1.165, 1.54) is 6.92 Å². The normalized spacial score (nSPS) is 10.1. The SMILES string of the molecule is CC(=O)Nc1ccc(CC(=O)Nc2cc(C)ccc2O)cc1. The molecule has 2 aromatic rings. The highest BCUT2D eigenvalue weighted by molar-refractivity contribution is 5.94. The Morgan fingerprint density at radius 1 is 1.05 bits per heavy atom. The fraction of sp³-hybridized carbons (Fsp3) is 0.176. The van der Waals surface area contributed by atoms with Gasteiger partial charge in [-0.1, -0.05) is 18.2 Å². The molecule has 22 heavy (non-hydrogen) atoms. The Bertz CT molecular complexity index is 694. The van der Waals surface area contributed by atoms with Gasteiger partial charge >= 0.3 is 0 Å². The summed E-state index contributed by atoms with van der Waals surface area (Å²) in [6.45, 7) is 3.32. The lowest BCUT2D eigenvalue weighted by molar-refractivity contribution is -0.116. The zero-order chi connectivity index (χ0) is 16.1. The summed E-state index contributed by atoms with van der Waals surface area (Å²) in [6.07, 6.45) is 0.188. The molecule has 0 heterocycles. The molecule has 0 unspecified atom stereocenters. The van der Waals surface area contributed by atoms with E-state index >= 15 is 0 Å². The van der Waals surface area contributed by atoms with Gasteiger partial charge in [0.2, 0.25) is 11.8 Å². The maximum Gasteiger partial charge on any atom is 0.228 e. The fourth-order valence-corrected chi connectivity index (χ4v) is 2.04. The summed E-state index contributed by atoms with van der Waals surface area (Å²) >= 11 is 0. The topological polar surface area (TPSA) is 78.4 Å². The van der Waals surface area contributed by atoms with E-state index in [1.54, 1.807) is 42.5 Å². The van der Waals surface area contributed by atoms with Crippen LogP contribution in [-0.4, -0.2) is 16.9 Å². The lowest BCUT2D eigenvalue weighted by Gasteiger charge is -2.09. The van der Waals surface area contributed by atoms with Crippen molar-refractivity contribution in [3.8, 4) is 5.75 Å². The van der Waals surface area contributed by atoms with Gasteiger partial charge in [-0.05, 0) is 42.3 Å². The van der Waals surface area contributed by atoms with E-state index in [4.69, 9.17) is 0 Å². The monoisotopic (exact) mass is 298 g/mol. The minimum Gasteiger partial charge on any atom is -0.506 e. The Kier molecular flexibility index (Phi) is 4.78. The van der Waals surface area contributed by atoms with E-state index < -0.39 is 0 Å². The van der Waals surface area contributed by atoms with E-state index in [0.29, 0.717) is 11.4 Å². The highest BCUT2D eigenvalue weighted by Gasteiger charge is 2.08. The summed E-state index contributed by atoms with van der Waals surface area (Å²) < 4.78 is 0. The zero-order valence-corrected chi connectivity index (χ0v) is 12.5. The third-order valence-corrected chi connectivity index (χ3v) is 3.07. The first-order valence-electron chi connectivity index (χ1n) is 6.90. The third-order valence-electron chi connectivity index (χ3n) is 3.07. The average molecular weight is 298 g/mol. The van der Waals surface area contributed by atoms with Crippen molar-refractivity contribution in [1.82, 2.24) is 0 Å². The first-order chi connectivity index (χ1) is 10.4. The number of anilines is 2. The van der Waals surface area contributed by atoms with Gasteiger partial charge in [0, 0.05) is 12.6 Å². The molecular weight excluding hydrogens is 280 g/mol. The molecule has 0 atom stereocenters. The smallest absolute Gasteiger partial charge is 0.228 e. The second-order valence-electron chi connectivity index (χ2n) is 5.12. The van der Waals surface area contributed by atoms with E-state index in [9.17, 15) is 14.7 Å². The van der Waals surface area contributed by atoms with Crippen molar-refractivity contribution in [1.29, 1.82) is 0 Å². The molecule has 0 aromatic heterocycles. The fourth-order valence-electron chi connectivity index (χ4n) is 2.04. The molecule has 114 valence electrons. The van der Waals surface area contributed by atoms with Gasteiger partial charge in [-0.2, -0.15) is 0 Å². The van der Waals surface area contributed by atoms with E-state index in [2.05, 4.69) is 10.6 Å². The molecular formula is C17H18N2O3. The van der Waals surface area contributed by atoms with Gasteiger partial charge in [-0.25, -0.2) is 0 Å². The zero-order valence-electron chi connectivity index (χ0n) is 12.5. The number of rotatable bonds is 4. The van der Waals surface area contributed by atoms with Crippen LogP contribution in [0.4, 0.5) is 11.4 Å². The van der Waals surface area contributed by atoms with Gasteiger partial charge in [0.15, 0.2) is 0 Å². The number of nitrogens with one attached hydrogen (secondary N) is 2. The molecule has 2 amide bonds. The van der Waals surface area contributed by atoms with Crippen LogP contribution in [0.3, 0.4) is 0 Å². The summed E-state index contributed by atoms with van der Waals surface area (Å²) in [5.74, 6) is -0.312. The van der Waals surface area contributed by atoms with E-state index in [0.717, 1.165) is 11.1 Å². The number of benzene rings is 2. The second kappa shape index (κ2) is 6.76. The number of carbonyl (C=O) groups excluding carboxylic acids is 2. The van der Waals surface area contributed by atoms with Crippen molar-refractivity contribution < 1.29 is 14.7 Å². The van der Waals surface area contributed by atoms with Gasteiger partial charge in [0.25, 0.3) is 0 Å². The van der Waals surface area contributed by atoms with Crippen molar-refractivity contribution in [2.45, 2.75) is 20.3 Å². The highest BCUT2D eigenvalue weighted by atomic mass is 16.3. The minimum absolute atomic E-state index is 0.0416. The Morgan fingerprint density at radius 3 is 2.36 bits per heavy atom. The van der Waals surface area contributed by atoms with Crippen LogP contribution in [-0.2, 0) is 16.0 Å². The van der Waals surface area contributed by atoms with Crippen molar-refractivity contribution in [2.75, 3.05) is 10.6 Å². The maximum atomic E-state index is 12.0. The van der Waals surface area contributed by atoms with Crippen molar-refractivity contribution >= 4 is 23.2 Å². The number of hydrogen-bond donors (Lipinski definition) is 3. The molecule has 0 aliphatic heterocycles. The van der Waals surface area contributed by atoms with Gasteiger partial charge < -0.3 is 15.7 Å². The number of amides is 2. The molecule has 0 saturated heterocycles. The first-order valence-corrected chi connectivity index (χ1v) is 6.90. The lowest BCUT2D eigenvalue weighted by Crippen LogP contribution is -2.14. The summed E-state index contributed by atoms with van der Waals surface area (Å²) in [5.41, 5.74) is 2.86. The molecule has 2 aromatic carbocycles. The van der Waals surface area contributed by atoms with Gasteiger partial charge in [-0.15, -0.1) is 0 Å². The summed E-state index contributed by atoms with van der Waals surface area (Å²) in [7, 11) is 0. The number of phenolic OH excluding ortho intramolecular Hbond substituents is 1. The van der Waals surface area contributed by atoms with Crippen LogP contribution in [0, 0.1) is 6.92 Å². The number of hydrogen-bond acceptors (Lipinski definition) is 3. The number of aryl methyl sites for hydroxylation is 1. The molecule has 3 N–H and O–H groups in total. The third kappa shape index (κ3) is 4.34. The van der Waals surface area contributed by atoms with Crippen LogP contribution in [0.25, 0.3) is 0 Å². The molecule has 0 aliphatic carbocycles. The van der Waals surface area contributed by atoms with Crippen molar-refractivity contribution in [2.24, 2.45) is 0 Å². The van der Waals surface area contributed by atoms with Crippen molar-refractivity contribution in [3.05, 3.63) is 53.6 Å². The maximum absolute atomic E-state index is 12.0. The Hall–Kier alpha value is -2.82. The molecule has 5 nitrogen and oxygen atoms in total. The first kappa shape index (κ1) is 15.6. The molecule has 0 fully saturated rings. The van der Waals surface area contributed by atoms with E-state index in [-0.39, 0.29) is 24.0 Å². The Balaban J connectivity index is 1.99. The Labute approximate surface area is 129 Å².